The van der Waals surface area contributed by atoms with Crippen molar-refractivity contribution in [3.63, 3.8) is 0 Å². The fraction of sp³-hybridized carbons (Fsp3) is 0.364. The van der Waals surface area contributed by atoms with Crippen molar-refractivity contribution >= 4 is 33.4 Å². The highest BCUT2D eigenvalue weighted by Gasteiger charge is 2.29. The highest BCUT2D eigenvalue weighted by Crippen LogP contribution is 2.21. The number of halogens is 2. The summed E-state index contributed by atoms with van der Waals surface area (Å²) in [6.45, 7) is 4.50. The van der Waals surface area contributed by atoms with E-state index in [1.165, 1.54) is 30.1 Å². The average molecular weight is 482 g/mol. The van der Waals surface area contributed by atoms with Crippen molar-refractivity contribution < 1.29 is 22.4 Å². The predicted molar refractivity (Wildman–Crippen MR) is 120 cm³/mol. The van der Waals surface area contributed by atoms with Gasteiger partial charge in [0.05, 0.1) is 22.0 Å². The molecule has 10 heteroatoms. The third kappa shape index (κ3) is 5.11. The molecule has 2 aromatic rings. The van der Waals surface area contributed by atoms with Gasteiger partial charge in [-0.1, -0.05) is 17.7 Å². The van der Waals surface area contributed by atoms with Gasteiger partial charge in [0.25, 0.3) is 5.91 Å². The highest BCUT2D eigenvalue weighted by atomic mass is 35.5. The summed E-state index contributed by atoms with van der Waals surface area (Å²) in [5.41, 5.74) is 2.04. The van der Waals surface area contributed by atoms with Gasteiger partial charge in [-0.05, 0) is 55.3 Å². The summed E-state index contributed by atoms with van der Waals surface area (Å²) in [5, 5.41) is 0.0340. The number of benzene rings is 2. The molecule has 1 saturated heterocycles. The predicted octanol–water partition coefficient (Wildman–Crippen LogP) is 2.70. The van der Waals surface area contributed by atoms with E-state index in [1.807, 2.05) is 13.8 Å². The Kier molecular flexibility index (Phi) is 7.22. The average Bonchev–Trinajstić information content (AvgIpc) is 2.75. The molecule has 32 heavy (non-hydrogen) atoms. The van der Waals surface area contributed by atoms with Gasteiger partial charge in [-0.15, -0.1) is 0 Å². The van der Waals surface area contributed by atoms with Crippen molar-refractivity contribution in [2.75, 3.05) is 39.8 Å². The fourth-order valence-electron chi connectivity index (χ4n) is 3.42. The van der Waals surface area contributed by atoms with Gasteiger partial charge in [0.15, 0.2) is 0 Å². The summed E-state index contributed by atoms with van der Waals surface area (Å²) in [7, 11) is -2.43. The number of likely N-dealkylation sites (N-methyl/N-ethyl adjacent to an activating group) is 1. The number of hydrogen-bond donors (Lipinski definition) is 0. The van der Waals surface area contributed by atoms with Crippen LogP contribution in [-0.2, 0) is 14.8 Å². The first-order valence-corrected chi connectivity index (χ1v) is 11.9. The van der Waals surface area contributed by atoms with Crippen molar-refractivity contribution in [1.82, 2.24) is 14.1 Å². The largest absolute Gasteiger partial charge is 0.338 e. The zero-order valence-electron chi connectivity index (χ0n) is 18.1. The van der Waals surface area contributed by atoms with E-state index in [9.17, 15) is 22.4 Å². The normalized spacial score (nSPS) is 14.7. The van der Waals surface area contributed by atoms with Crippen LogP contribution in [-0.4, -0.2) is 74.1 Å². The lowest BCUT2D eigenvalue weighted by Crippen LogP contribution is -2.52. The SMILES string of the molecule is Cc1ccc(S(=O)(=O)N(C)CC(=O)N2CCN(C(=O)c3ccc(F)cc3Cl)CC2)cc1C. The molecule has 2 aromatic carbocycles. The molecule has 1 fully saturated rings. The van der Waals surface area contributed by atoms with Crippen molar-refractivity contribution in [2.24, 2.45) is 0 Å². The Morgan fingerprint density at radius 2 is 1.62 bits per heavy atom. The van der Waals surface area contributed by atoms with Crippen LogP contribution < -0.4 is 0 Å². The minimum atomic E-state index is -3.80. The highest BCUT2D eigenvalue weighted by molar-refractivity contribution is 7.89. The molecule has 0 atom stereocenters. The van der Waals surface area contributed by atoms with Gasteiger partial charge in [0.1, 0.15) is 5.82 Å². The second-order valence-electron chi connectivity index (χ2n) is 7.80. The van der Waals surface area contributed by atoms with E-state index in [1.54, 1.807) is 17.0 Å². The molecule has 3 rings (SSSR count). The van der Waals surface area contributed by atoms with E-state index in [4.69, 9.17) is 11.6 Å². The number of piperazine rings is 1. The number of rotatable bonds is 5. The molecule has 172 valence electrons. The van der Waals surface area contributed by atoms with Crippen LogP contribution in [0.3, 0.4) is 0 Å². The summed E-state index contributed by atoms with van der Waals surface area (Å²) in [4.78, 5) is 28.6. The Bertz CT molecular complexity index is 1150. The van der Waals surface area contributed by atoms with Crippen molar-refractivity contribution in [2.45, 2.75) is 18.7 Å². The van der Waals surface area contributed by atoms with Crippen molar-refractivity contribution in [1.29, 1.82) is 0 Å². The smallest absolute Gasteiger partial charge is 0.255 e. The zero-order chi connectivity index (χ0) is 23.6. The number of amides is 2. The molecule has 0 saturated carbocycles. The Morgan fingerprint density at radius 1 is 1.00 bits per heavy atom. The minimum Gasteiger partial charge on any atom is -0.338 e. The quantitative estimate of drug-likeness (QED) is 0.658. The fourth-order valence-corrected chi connectivity index (χ4v) is 4.88. The number of carbonyl (C=O) groups is 2. The maximum Gasteiger partial charge on any atom is 0.255 e. The van der Waals surface area contributed by atoms with Gasteiger partial charge in [-0.2, -0.15) is 4.31 Å². The number of carbonyl (C=O) groups excluding carboxylic acids is 2. The van der Waals surface area contributed by atoms with E-state index >= 15 is 0 Å². The van der Waals surface area contributed by atoms with Crippen LogP contribution in [0.4, 0.5) is 4.39 Å². The number of sulfonamides is 1. The summed E-state index contributed by atoms with van der Waals surface area (Å²) in [6, 6.07) is 8.46. The Labute approximate surface area is 192 Å². The number of nitrogens with zero attached hydrogens (tertiary/aromatic N) is 3. The molecule has 1 heterocycles. The lowest BCUT2D eigenvalue weighted by molar-refractivity contribution is -0.132. The van der Waals surface area contributed by atoms with Gasteiger partial charge in [-0.3, -0.25) is 9.59 Å². The van der Waals surface area contributed by atoms with Crippen LogP contribution in [0.2, 0.25) is 5.02 Å². The van der Waals surface area contributed by atoms with Crippen LogP contribution in [0.25, 0.3) is 0 Å². The molecule has 0 spiro atoms. The molecule has 0 N–H and O–H groups in total. The molecule has 7 nitrogen and oxygen atoms in total. The Hall–Kier alpha value is -2.49. The maximum atomic E-state index is 13.2. The van der Waals surface area contributed by atoms with E-state index in [2.05, 4.69) is 0 Å². The van der Waals surface area contributed by atoms with Crippen LogP contribution in [0.15, 0.2) is 41.3 Å². The van der Waals surface area contributed by atoms with Crippen molar-refractivity contribution in [3.8, 4) is 0 Å². The van der Waals surface area contributed by atoms with Gasteiger partial charge in [-0.25, -0.2) is 12.8 Å². The third-order valence-corrected chi connectivity index (χ3v) is 7.74. The van der Waals surface area contributed by atoms with Crippen LogP contribution in [0.1, 0.15) is 21.5 Å². The maximum absolute atomic E-state index is 13.2. The third-order valence-electron chi connectivity index (χ3n) is 5.63. The molecular weight excluding hydrogens is 457 g/mol. The number of hydrogen-bond acceptors (Lipinski definition) is 4. The summed E-state index contributed by atoms with van der Waals surface area (Å²) in [5.74, 6) is -1.20. The van der Waals surface area contributed by atoms with Gasteiger partial charge < -0.3 is 9.80 Å². The summed E-state index contributed by atoms with van der Waals surface area (Å²) < 4.78 is 39.9. The lowest BCUT2D eigenvalue weighted by Gasteiger charge is -2.35. The minimum absolute atomic E-state index is 0.0340. The molecule has 0 aromatic heterocycles. The summed E-state index contributed by atoms with van der Waals surface area (Å²) in [6.07, 6.45) is 0. The van der Waals surface area contributed by atoms with Gasteiger partial charge in [0, 0.05) is 33.2 Å². The zero-order valence-corrected chi connectivity index (χ0v) is 19.7. The number of aryl methyl sites for hydroxylation is 2. The summed E-state index contributed by atoms with van der Waals surface area (Å²) >= 11 is 5.98. The molecule has 0 unspecified atom stereocenters. The van der Waals surface area contributed by atoms with E-state index in [-0.39, 0.29) is 60.0 Å². The molecule has 1 aliphatic rings. The Balaban J connectivity index is 1.60. The first kappa shape index (κ1) is 24.2. The molecule has 0 bridgehead atoms. The van der Waals surface area contributed by atoms with Crippen LogP contribution >= 0.6 is 11.6 Å². The van der Waals surface area contributed by atoms with E-state index in [0.717, 1.165) is 21.5 Å². The molecule has 0 aliphatic carbocycles. The monoisotopic (exact) mass is 481 g/mol. The van der Waals surface area contributed by atoms with Crippen LogP contribution in [0, 0.1) is 19.7 Å². The molecular formula is C22H25ClFN3O4S. The second-order valence-corrected chi connectivity index (χ2v) is 10.3. The van der Waals surface area contributed by atoms with Gasteiger partial charge in [0.2, 0.25) is 15.9 Å². The first-order chi connectivity index (χ1) is 15.0. The van der Waals surface area contributed by atoms with Gasteiger partial charge >= 0.3 is 0 Å². The standard InChI is InChI=1S/C22H25ClFN3O4S/c1-15-4-6-18(12-16(15)2)32(30,31)25(3)14-21(28)26-8-10-27(11-9-26)22(29)19-7-5-17(24)13-20(19)23/h4-7,12-13H,8-11,14H2,1-3H3. The Morgan fingerprint density at radius 3 is 2.22 bits per heavy atom. The first-order valence-electron chi connectivity index (χ1n) is 10.1. The van der Waals surface area contributed by atoms with E-state index < -0.39 is 15.8 Å². The van der Waals surface area contributed by atoms with Crippen LogP contribution in [0.5, 0.6) is 0 Å². The second kappa shape index (κ2) is 9.56. The lowest BCUT2D eigenvalue weighted by atomic mass is 10.1. The molecule has 1 aliphatic heterocycles. The molecule has 0 radical (unpaired) electrons. The molecule has 2 amide bonds. The topological polar surface area (TPSA) is 78.0 Å². The van der Waals surface area contributed by atoms with Crippen molar-refractivity contribution in [3.05, 3.63) is 63.9 Å². The van der Waals surface area contributed by atoms with E-state index in [0.29, 0.717) is 0 Å².